The highest BCUT2D eigenvalue weighted by atomic mass is 16.5. The molecule has 0 fully saturated rings. The van der Waals surface area contributed by atoms with E-state index in [9.17, 15) is 4.79 Å². The number of ether oxygens (including phenoxy) is 3. The van der Waals surface area contributed by atoms with Gasteiger partial charge in [0.15, 0.2) is 0 Å². The van der Waals surface area contributed by atoms with E-state index in [-0.39, 0.29) is 12.5 Å². The highest BCUT2D eigenvalue weighted by Crippen LogP contribution is 2.38. The van der Waals surface area contributed by atoms with E-state index in [1.54, 1.807) is 12.0 Å². The zero-order chi connectivity index (χ0) is 18.4. The molecule has 26 heavy (non-hydrogen) atoms. The minimum atomic E-state index is -0.0467. The number of nitrogens with zero attached hydrogens (tertiary/aromatic N) is 1. The number of aryl methyl sites for hydroxylation is 1. The predicted molar refractivity (Wildman–Crippen MR) is 101 cm³/mol. The van der Waals surface area contributed by atoms with Gasteiger partial charge in [-0.1, -0.05) is 24.3 Å². The highest BCUT2D eigenvalue weighted by molar-refractivity contribution is 5.97. The van der Waals surface area contributed by atoms with Crippen LogP contribution in [0.3, 0.4) is 0 Å². The molecule has 2 aromatic rings. The summed E-state index contributed by atoms with van der Waals surface area (Å²) >= 11 is 0. The van der Waals surface area contributed by atoms with E-state index in [1.165, 1.54) is 11.1 Å². The van der Waals surface area contributed by atoms with Gasteiger partial charge in [0.25, 0.3) is 5.91 Å². The molecule has 138 valence electrons. The van der Waals surface area contributed by atoms with Crippen LogP contribution in [-0.4, -0.2) is 39.4 Å². The molecule has 0 saturated carbocycles. The molecule has 0 atom stereocenters. The lowest BCUT2D eigenvalue weighted by Crippen LogP contribution is -2.38. The van der Waals surface area contributed by atoms with Gasteiger partial charge in [-0.05, 0) is 49.1 Å². The van der Waals surface area contributed by atoms with Gasteiger partial charge in [0.2, 0.25) is 0 Å². The van der Waals surface area contributed by atoms with Crippen molar-refractivity contribution in [2.24, 2.45) is 0 Å². The lowest BCUT2D eigenvalue weighted by atomic mass is 9.96. The molecule has 0 bridgehead atoms. The topological polar surface area (TPSA) is 48.0 Å². The van der Waals surface area contributed by atoms with Gasteiger partial charge in [-0.3, -0.25) is 4.79 Å². The molecule has 2 aromatic carbocycles. The zero-order valence-electron chi connectivity index (χ0n) is 15.4. The molecule has 0 N–H and O–H groups in total. The van der Waals surface area contributed by atoms with Crippen LogP contribution >= 0.6 is 0 Å². The third-order valence-corrected chi connectivity index (χ3v) is 4.54. The van der Waals surface area contributed by atoms with Crippen molar-refractivity contribution in [3.8, 4) is 11.5 Å². The van der Waals surface area contributed by atoms with Gasteiger partial charge >= 0.3 is 0 Å². The summed E-state index contributed by atoms with van der Waals surface area (Å²) in [6.45, 7) is 3.58. The summed E-state index contributed by atoms with van der Waals surface area (Å²) in [6.07, 6.45) is 1.91. The monoisotopic (exact) mass is 355 g/mol. The van der Waals surface area contributed by atoms with E-state index in [2.05, 4.69) is 6.92 Å². The number of hydrogen-bond acceptors (Lipinski definition) is 4. The number of hydrogen-bond donors (Lipinski definition) is 0. The quantitative estimate of drug-likeness (QED) is 0.715. The smallest absolute Gasteiger partial charge is 0.253 e. The molecule has 1 aliphatic heterocycles. The van der Waals surface area contributed by atoms with Gasteiger partial charge in [0.1, 0.15) is 24.7 Å². The Labute approximate surface area is 154 Å². The van der Waals surface area contributed by atoms with Crippen molar-refractivity contribution in [1.82, 2.24) is 0 Å². The number of amides is 1. The minimum absolute atomic E-state index is 0.0364. The maximum atomic E-state index is 12.7. The van der Waals surface area contributed by atoms with Crippen LogP contribution < -0.4 is 14.4 Å². The molecule has 0 radical (unpaired) electrons. The molecule has 0 aromatic heterocycles. The Morgan fingerprint density at radius 2 is 1.92 bits per heavy atom. The van der Waals surface area contributed by atoms with Gasteiger partial charge in [-0.15, -0.1) is 0 Å². The molecule has 1 heterocycles. The molecule has 0 unspecified atom stereocenters. The molecule has 1 aliphatic rings. The first-order valence-corrected chi connectivity index (χ1v) is 8.93. The molecule has 1 amide bonds. The van der Waals surface area contributed by atoms with Crippen LogP contribution in [0.5, 0.6) is 11.5 Å². The number of fused-ring (bicyclic) bond motifs is 1. The van der Waals surface area contributed by atoms with Gasteiger partial charge in [0, 0.05) is 6.54 Å². The van der Waals surface area contributed by atoms with Crippen molar-refractivity contribution in [3.05, 3.63) is 53.6 Å². The van der Waals surface area contributed by atoms with E-state index in [0.29, 0.717) is 19.8 Å². The van der Waals surface area contributed by atoms with Crippen molar-refractivity contribution in [2.75, 3.05) is 38.4 Å². The summed E-state index contributed by atoms with van der Waals surface area (Å²) in [5.41, 5.74) is 3.28. The fraction of sp³-hybridized carbons (Fsp3) is 0.381. The normalized spacial score (nSPS) is 13.2. The standard InChI is InChI=1S/C21H25NO4/c1-16-10-11-19(24-2)21-18(16)9-6-12-22(21)20(23)15-25-13-14-26-17-7-4-3-5-8-17/h3-5,7-8,10-11H,6,9,12-15H2,1-2H3. The second kappa shape index (κ2) is 8.72. The van der Waals surface area contributed by atoms with E-state index in [4.69, 9.17) is 14.2 Å². The first-order chi connectivity index (χ1) is 12.7. The second-order valence-corrected chi connectivity index (χ2v) is 6.27. The molecule has 3 rings (SSSR count). The largest absolute Gasteiger partial charge is 0.495 e. The predicted octanol–water partition coefficient (Wildman–Crippen LogP) is 3.38. The average Bonchev–Trinajstić information content (AvgIpc) is 2.68. The summed E-state index contributed by atoms with van der Waals surface area (Å²) in [4.78, 5) is 14.5. The van der Waals surface area contributed by atoms with Crippen molar-refractivity contribution in [3.63, 3.8) is 0 Å². The summed E-state index contributed by atoms with van der Waals surface area (Å²) in [7, 11) is 1.64. The highest BCUT2D eigenvalue weighted by Gasteiger charge is 2.27. The first-order valence-electron chi connectivity index (χ1n) is 8.93. The Bertz CT molecular complexity index is 745. The van der Waals surface area contributed by atoms with E-state index in [1.807, 2.05) is 42.5 Å². The fourth-order valence-corrected chi connectivity index (χ4v) is 3.24. The van der Waals surface area contributed by atoms with E-state index >= 15 is 0 Å². The molecule has 0 saturated heterocycles. The van der Waals surface area contributed by atoms with Crippen LogP contribution in [0.4, 0.5) is 5.69 Å². The number of methoxy groups -OCH3 is 1. The second-order valence-electron chi connectivity index (χ2n) is 6.27. The number of rotatable bonds is 7. The average molecular weight is 355 g/mol. The molecular formula is C21H25NO4. The van der Waals surface area contributed by atoms with Crippen molar-refractivity contribution in [2.45, 2.75) is 19.8 Å². The summed E-state index contributed by atoms with van der Waals surface area (Å²) in [6, 6.07) is 13.5. The molecule has 0 aliphatic carbocycles. The number of anilines is 1. The Balaban J connectivity index is 1.55. The molecule has 0 spiro atoms. The van der Waals surface area contributed by atoms with Gasteiger partial charge in [-0.2, -0.15) is 0 Å². The lowest BCUT2D eigenvalue weighted by molar-refractivity contribution is -0.123. The van der Waals surface area contributed by atoms with Crippen molar-refractivity contribution < 1.29 is 19.0 Å². The SMILES string of the molecule is COc1ccc(C)c2c1N(C(=O)COCCOc1ccccc1)CCC2. The van der Waals surface area contributed by atoms with Crippen LogP contribution in [0.15, 0.2) is 42.5 Å². The Morgan fingerprint density at radius 3 is 2.69 bits per heavy atom. The van der Waals surface area contributed by atoms with E-state index in [0.717, 1.165) is 30.0 Å². The van der Waals surface area contributed by atoms with Crippen LogP contribution in [-0.2, 0) is 16.0 Å². The Kier molecular flexibility index (Phi) is 6.12. The van der Waals surface area contributed by atoms with Gasteiger partial charge in [-0.25, -0.2) is 0 Å². The number of carbonyl (C=O) groups is 1. The van der Waals surface area contributed by atoms with Crippen molar-refractivity contribution in [1.29, 1.82) is 0 Å². The van der Waals surface area contributed by atoms with Crippen LogP contribution in [0.1, 0.15) is 17.5 Å². The number of carbonyl (C=O) groups excluding carboxylic acids is 1. The summed E-state index contributed by atoms with van der Waals surface area (Å²) in [5.74, 6) is 1.49. The number of para-hydroxylation sites is 1. The Morgan fingerprint density at radius 1 is 1.12 bits per heavy atom. The molecule has 5 nitrogen and oxygen atoms in total. The lowest BCUT2D eigenvalue weighted by Gasteiger charge is -2.32. The summed E-state index contributed by atoms with van der Waals surface area (Å²) in [5, 5.41) is 0. The third-order valence-electron chi connectivity index (χ3n) is 4.54. The molecular weight excluding hydrogens is 330 g/mol. The van der Waals surface area contributed by atoms with Crippen LogP contribution in [0.2, 0.25) is 0 Å². The number of benzene rings is 2. The third kappa shape index (κ3) is 4.17. The fourth-order valence-electron chi connectivity index (χ4n) is 3.24. The maximum absolute atomic E-state index is 12.7. The van der Waals surface area contributed by atoms with E-state index < -0.39 is 0 Å². The summed E-state index contributed by atoms with van der Waals surface area (Å²) < 4.78 is 16.6. The van der Waals surface area contributed by atoms with Gasteiger partial charge in [0.05, 0.1) is 19.4 Å². The molecule has 5 heteroatoms. The maximum Gasteiger partial charge on any atom is 0.253 e. The van der Waals surface area contributed by atoms with Gasteiger partial charge < -0.3 is 19.1 Å². The Hall–Kier alpha value is -2.53. The minimum Gasteiger partial charge on any atom is -0.495 e. The van der Waals surface area contributed by atoms with Crippen LogP contribution in [0.25, 0.3) is 0 Å². The van der Waals surface area contributed by atoms with Crippen LogP contribution in [0, 0.1) is 6.92 Å². The first kappa shape index (κ1) is 18.3. The zero-order valence-corrected chi connectivity index (χ0v) is 15.4. The van der Waals surface area contributed by atoms with Crippen molar-refractivity contribution >= 4 is 11.6 Å².